The van der Waals surface area contributed by atoms with E-state index in [2.05, 4.69) is 5.32 Å². The van der Waals surface area contributed by atoms with E-state index in [0.29, 0.717) is 10.7 Å². The molecule has 0 radical (unpaired) electrons. The molecule has 7 heteroatoms. The number of halogens is 2. The lowest BCUT2D eigenvalue weighted by Gasteiger charge is -2.28. The number of carboxylic acids is 1. The summed E-state index contributed by atoms with van der Waals surface area (Å²) >= 11 is 11.8. The highest BCUT2D eigenvalue weighted by molar-refractivity contribution is 6.36. The maximum absolute atomic E-state index is 12.6. The first-order valence-corrected chi connectivity index (χ1v) is 7.43. The Morgan fingerprint density at radius 2 is 2.09 bits per heavy atom. The Balaban J connectivity index is 1.88. The maximum Gasteiger partial charge on any atom is 0.310 e. The van der Waals surface area contributed by atoms with Crippen LogP contribution in [0.2, 0.25) is 10.0 Å². The number of hydrogen-bond acceptors (Lipinski definition) is 3. The van der Waals surface area contributed by atoms with Gasteiger partial charge in [-0.1, -0.05) is 35.4 Å². The minimum absolute atomic E-state index is 0.289. The number of nitrogens with one attached hydrogen (secondary N) is 1. The predicted octanol–water partition coefficient (Wildman–Crippen LogP) is 2.98. The smallest absolute Gasteiger partial charge is 0.310 e. The van der Waals surface area contributed by atoms with Crippen molar-refractivity contribution in [2.75, 3.05) is 5.32 Å². The van der Waals surface area contributed by atoms with Crippen LogP contribution in [0.25, 0.3) is 0 Å². The average Bonchev–Trinajstić information content (AvgIpc) is 2.94. The van der Waals surface area contributed by atoms with Crippen LogP contribution in [0.3, 0.4) is 0 Å². The summed E-state index contributed by atoms with van der Waals surface area (Å²) in [5, 5.41) is 12.8. The molecular weight excluding hydrogens is 329 g/mol. The van der Waals surface area contributed by atoms with Gasteiger partial charge in [-0.2, -0.15) is 0 Å². The van der Waals surface area contributed by atoms with Crippen molar-refractivity contribution >= 4 is 40.8 Å². The zero-order chi connectivity index (χ0) is 16.1. The zero-order valence-corrected chi connectivity index (χ0v) is 13.1. The lowest BCUT2D eigenvalue weighted by molar-refractivity contribution is -0.146. The van der Waals surface area contributed by atoms with Gasteiger partial charge in [0, 0.05) is 5.02 Å². The van der Waals surface area contributed by atoms with E-state index in [-0.39, 0.29) is 5.02 Å². The Morgan fingerprint density at radius 1 is 1.36 bits per heavy atom. The molecule has 0 aliphatic carbocycles. The molecule has 2 aliphatic heterocycles. The van der Waals surface area contributed by atoms with Crippen molar-refractivity contribution in [3.8, 4) is 0 Å². The number of fused-ring (bicyclic) bond motifs is 2. The molecule has 22 heavy (non-hydrogen) atoms. The minimum atomic E-state index is -1.06. The van der Waals surface area contributed by atoms with E-state index < -0.39 is 35.4 Å². The van der Waals surface area contributed by atoms with Crippen LogP contribution in [0, 0.1) is 11.8 Å². The molecule has 2 aliphatic rings. The van der Waals surface area contributed by atoms with Crippen LogP contribution in [0.4, 0.5) is 5.69 Å². The fourth-order valence-electron chi connectivity index (χ4n) is 3.08. The molecule has 2 bridgehead atoms. The second-order valence-electron chi connectivity index (χ2n) is 5.58. The van der Waals surface area contributed by atoms with Gasteiger partial charge in [0.25, 0.3) is 0 Å². The van der Waals surface area contributed by atoms with Crippen LogP contribution in [0.15, 0.2) is 30.4 Å². The molecule has 4 atom stereocenters. The van der Waals surface area contributed by atoms with E-state index in [0.717, 1.165) is 0 Å². The fourth-order valence-corrected chi connectivity index (χ4v) is 3.54. The average molecular weight is 342 g/mol. The first-order valence-electron chi connectivity index (χ1n) is 6.68. The largest absolute Gasteiger partial charge is 0.481 e. The van der Waals surface area contributed by atoms with Gasteiger partial charge in [0.05, 0.1) is 28.3 Å². The summed E-state index contributed by atoms with van der Waals surface area (Å²) in [4.78, 5) is 24.1. The number of carbonyl (C=O) groups is 2. The molecule has 1 amide bonds. The van der Waals surface area contributed by atoms with Crippen LogP contribution in [0.1, 0.15) is 6.92 Å². The zero-order valence-electron chi connectivity index (χ0n) is 11.5. The quantitative estimate of drug-likeness (QED) is 0.828. The maximum atomic E-state index is 12.6. The number of benzene rings is 1. The van der Waals surface area contributed by atoms with Gasteiger partial charge >= 0.3 is 5.97 Å². The predicted molar refractivity (Wildman–Crippen MR) is 82.1 cm³/mol. The standard InChI is InChI=1S/C15H13Cl2NO4/c1-15-5-4-10(22-15)11(14(20)21)12(15)13(19)18-9-3-2-7(16)6-8(9)17/h2-6,10-12H,1H3,(H,18,19)(H,20,21)/t10-,11-,12+,15+/m1/s1. The molecule has 0 aromatic heterocycles. The SMILES string of the molecule is C[C@@]12C=C[C@@H](O1)[C@@H](C(=O)O)[C@H]2C(=O)Nc1ccc(Cl)cc1Cl. The van der Waals surface area contributed by atoms with Gasteiger partial charge in [0.1, 0.15) is 5.92 Å². The summed E-state index contributed by atoms with van der Waals surface area (Å²) in [6, 6.07) is 4.67. The topological polar surface area (TPSA) is 75.6 Å². The fraction of sp³-hybridized carbons (Fsp3) is 0.333. The molecule has 2 N–H and O–H groups in total. The summed E-state index contributed by atoms with van der Waals surface area (Å²) in [7, 11) is 0. The Kier molecular flexibility index (Phi) is 3.67. The van der Waals surface area contributed by atoms with Crippen molar-refractivity contribution in [3.05, 3.63) is 40.4 Å². The first kappa shape index (κ1) is 15.3. The molecule has 0 spiro atoms. The van der Waals surface area contributed by atoms with Crippen LogP contribution >= 0.6 is 23.2 Å². The van der Waals surface area contributed by atoms with Gasteiger partial charge in [0.2, 0.25) is 5.91 Å². The van der Waals surface area contributed by atoms with Gasteiger partial charge in [-0.3, -0.25) is 9.59 Å². The number of rotatable bonds is 3. The summed E-state index contributed by atoms with van der Waals surface area (Å²) < 4.78 is 5.65. The Morgan fingerprint density at radius 3 is 2.73 bits per heavy atom. The molecule has 0 unspecified atom stereocenters. The minimum Gasteiger partial charge on any atom is -0.481 e. The lowest BCUT2D eigenvalue weighted by Crippen LogP contribution is -2.44. The van der Waals surface area contributed by atoms with E-state index in [1.807, 2.05) is 0 Å². The molecule has 1 aromatic carbocycles. The molecule has 1 fully saturated rings. The third-order valence-corrected chi connectivity index (χ3v) is 4.64. The molecule has 116 valence electrons. The van der Waals surface area contributed by atoms with Crippen LogP contribution in [-0.4, -0.2) is 28.7 Å². The monoisotopic (exact) mass is 341 g/mol. The van der Waals surface area contributed by atoms with E-state index >= 15 is 0 Å². The summed E-state index contributed by atoms with van der Waals surface area (Å²) in [6.07, 6.45) is 2.85. The molecule has 2 heterocycles. The lowest BCUT2D eigenvalue weighted by atomic mass is 9.75. The number of hydrogen-bond donors (Lipinski definition) is 2. The van der Waals surface area contributed by atoms with Crippen molar-refractivity contribution in [1.82, 2.24) is 0 Å². The first-order chi connectivity index (χ1) is 10.3. The van der Waals surface area contributed by atoms with Gasteiger partial charge in [-0.05, 0) is 25.1 Å². The third kappa shape index (κ3) is 2.39. The van der Waals surface area contributed by atoms with E-state index in [4.69, 9.17) is 27.9 Å². The normalized spacial score (nSPS) is 32.2. The Bertz CT molecular complexity index is 690. The molecule has 1 aromatic rings. The highest BCUT2D eigenvalue weighted by atomic mass is 35.5. The summed E-state index contributed by atoms with van der Waals surface area (Å²) in [5.41, 5.74) is -0.535. The molecule has 0 saturated carbocycles. The highest BCUT2D eigenvalue weighted by Crippen LogP contribution is 2.47. The van der Waals surface area contributed by atoms with Gasteiger partial charge in [-0.15, -0.1) is 0 Å². The van der Waals surface area contributed by atoms with Crippen molar-refractivity contribution < 1.29 is 19.4 Å². The number of carboxylic acid groups (broad SMARTS) is 1. The second kappa shape index (κ2) is 5.26. The number of aliphatic carboxylic acids is 1. The second-order valence-corrected chi connectivity index (χ2v) is 6.42. The summed E-state index contributed by atoms with van der Waals surface area (Å²) in [5.74, 6) is -3.24. The van der Waals surface area contributed by atoms with Crippen LogP contribution in [0.5, 0.6) is 0 Å². The van der Waals surface area contributed by atoms with Crippen molar-refractivity contribution in [1.29, 1.82) is 0 Å². The van der Waals surface area contributed by atoms with E-state index in [1.54, 1.807) is 31.2 Å². The van der Waals surface area contributed by atoms with Crippen molar-refractivity contribution in [2.45, 2.75) is 18.6 Å². The number of carbonyl (C=O) groups excluding carboxylic acids is 1. The molecule has 3 rings (SSSR count). The summed E-state index contributed by atoms with van der Waals surface area (Å²) in [6.45, 7) is 1.71. The number of anilines is 1. The number of ether oxygens (including phenoxy) is 1. The molecule has 1 saturated heterocycles. The van der Waals surface area contributed by atoms with Crippen LogP contribution in [-0.2, 0) is 14.3 Å². The van der Waals surface area contributed by atoms with E-state index in [9.17, 15) is 14.7 Å². The van der Waals surface area contributed by atoms with Crippen LogP contribution < -0.4 is 5.32 Å². The molecular formula is C15H13Cl2NO4. The third-order valence-electron chi connectivity index (χ3n) is 4.09. The molecule has 5 nitrogen and oxygen atoms in total. The van der Waals surface area contributed by atoms with Crippen molar-refractivity contribution in [3.63, 3.8) is 0 Å². The number of amides is 1. The van der Waals surface area contributed by atoms with E-state index in [1.165, 1.54) is 6.07 Å². The van der Waals surface area contributed by atoms with Gasteiger partial charge in [-0.25, -0.2) is 0 Å². The Hall–Kier alpha value is -1.56. The Labute approximate surface area is 136 Å². The van der Waals surface area contributed by atoms with Gasteiger partial charge in [0.15, 0.2) is 0 Å². The van der Waals surface area contributed by atoms with Crippen molar-refractivity contribution in [2.24, 2.45) is 11.8 Å². The highest BCUT2D eigenvalue weighted by Gasteiger charge is 2.59. The van der Waals surface area contributed by atoms with Gasteiger partial charge < -0.3 is 15.2 Å².